The molecule has 0 bridgehead atoms. The first-order valence-corrected chi connectivity index (χ1v) is 14.3. The number of nitriles is 1. The highest BCUT2D eigenvalue weighted by Crippen LogP contribution is 2.38. The smallest absolute Gasteiger partial charge is 0.234 e. The van der Waals surface area contributed by atoms with Gasteiger partial charge in [0.25, 0.3) is 0 Å². The van der Waals surface area contributed by atoms with Crippen LogP contribution in [-0.4, -0.2) is 16.6 Å². The second kappa shape index (κ2) is 12.3. The van der Waals surface area contributed by atoms with E-state index in [0.717, 1.165) is 69.5 Å². The molecule has 0 fully saturated rings. The Morgan fingerprint density at radius 1 is 1.00 bits per heavy atom. The van der Waals surface area contributed by atoms with Gasteiger partial charge in [0.15, 0.2) is 0 Å². The van der Waals surface area contributed by atoms with Crippen molar-refractivity contribution in [1.29, 1.82) is 5.26 Å². The molecule has 0 saturated carbocycles. The molecule has 1 heterocycles. The first-order valence-electron chi connectivity index (χ1n) is 12.5. The molecule has 0 radical (unpaired) electrons. The molecule has 7 heteroatoms. The average molecular weight is 585 g/mol. The third-order valence-electron chi connectivity index (χ3n) is 6.41. The number of carbonyl (C=O) groups is 1. The van der Waals surface area contributed by atoms with E-state index in [1.807, 2.05) is 78.9 Å². The third-order valence-corrected chi connectivity index (χ3v) is 7.92. The molecule has 38 heavy (non-hydrogen) atoms. The van der Waals surface area contributed by atoms with Crippen molar-refractivity contribution in [1.82, 2.24) is 4.98 Å². The van der Waals surface area contributed by atoms with Crippen LogP contribution >= 0.6 is 27.7 Å². The van der Waals surface area contributed by atoms with Crippen molar-refractivity contribution in [3.63, 3.8) is 0 Å². The second-order valence-corrected chi connectivity index (χ2v) is 10.9. The van der Waals surface area contributed by atoms with E-state index in [4.69, 9.17) is 9.72 Å². The predicted octanol–water partition coefficient (Wildman–Crippen LogP) is 7.57. The number of rotatable bonds is 8. The Balaban J connectivity index is 1.38. The summed E-state index contributed by atoms with van der Waals surface area (Å²) in [6.07, 6.45) is 3.93. The van der Waals surface area contributed by atoms with Crippen molar-refractivity contribution in [2.24, 2.45) is 0 Å². The van der Waals surface area contributed by atoms with Crippen LogP contribution in [0.5, 0.6) is 5.75 Å². The topological polar surface area (TPSA) is 75.0 Å². The number of hydrogen-bond acceptors (Lipinski definition) is 5. The molecule has 3 aromatic carbocycles. The van der Waals surface area contributed by atoms with Crippen LogP contribution in [0.25, 0.3) is 11.1 Å². The summed E-state index contributed by atoms with van der Waals surface area (Å²) in [4.78, 5) is 17.5. The Kier molecular flexibility index (Phi) is 8.42. The Labute approximate surface area is 235 Å². The normalized spacial score (nSPS) is 12.3. The Hall–Kier alpha value is -3.60. The maximum Gasteiger partial charge on any atom is 0.234 e. The number of halogens is 1. The zero-order chi connectivity index (χ0) is 26.3. The van der Waals surface area contributed by atoms with Crippen molar-refractivity contribution in [3.8, 4) is 22.9 Å². The van der Waals surface area contributed by atoms with E-state index >= 15 is 0 Å². The van der Waals surface area contributed by atoms with Crippen molar-refractivity contribution in [2.75, 3.05) is 11.1 Å². The van der Waals surface area contributed by atoms with E-state index in [1.165, 1.54) is 11.8 Å². The van der Waals surface area contributed by atoms with Gasteiger partial charge in [-0.2, -0.15) is 5.26 Å². The molecule has 0 spiro atoms. The summed E-state index contributed by atoms with van der Waals surface area (Å²) in [5.41, 5.74) is 6.45. The number of ether oxygens (including phenoxy) is 1. The van der Waals surface area contributed by atoms with Crippen LogP contribution < -0.4 is 10.1 Å². The highest BCUT2D eigenvalue weighted by Gasteiger charge is 2.23. The summed E-state index contributed by atoms with van der Waals surface area (Å²) in [5, 5.41) is 13.7. The van der Waals surface area contributed by atoms with Crippen LogP contribution in [0, 0.1) is 11.3 Å². The van der Waals surface area contributed by atoms with Crippen molar-refractivity contribution in [2.45, 2.75) is 37.3 Å². The van der Waals surface area contributed by atoms with Gasteiger partial charge in [-0.05, 0) is 78.8 Å². The summed E-state index contributed by atoms with van der Waals surface area (Å²) in [5.74, 6) is 0.808. The Morgan fingerprint density at radius 2 is 1.74 bits per heavy atom. The number of fused-ring (bicyclic) bond motifs is 1. The summed E-state index contributed by atoms with van der Waals surface area (Å²) >= 11 is 4.72. The molecule has 1 amide bonds. The molecule has 0 aliphatic heterocycles. The number of thioether (sulfide) groups is 1. The summed E-state index contributed by atoms with van der Waals surface area (Å²) in [6, 6.07) is 27.8. The molecule has 1 N–H and O–H groups in total. The van der Waals surface area contributed by atoms with Crippen LogP contribution in [-0.2, 0) is 24.2 Å². The minimum atomic E-state index is -0.137. The molecule has 1 aromatic heterocycles. The standard InChI is InChI=1S/C31H26BrN3O2S/c32-23-12-14-24(15-13-23)34-29(36)20-38-31-27(18-33)30(26-8-4-5-9-28(26)35-31)22-10-16-25(17-11-22)37-19-21-6-2-1-3-7-21/h1-3,6-7,10-17H,4-5,8-9,19-20H2,(H,34,36). The van der Waals surface area contributed by atoms with Crippen LogP contribution in [0.1, 0.15) is 35.2 Å². The molecule has 5 rings (SSSR count). The van der Waals surface area contributed by atoms with Crippen LogP contribution in [0.15, 0.2) is 88.4 Å². The molecule has 0 atom stereocenters. The largest absolute Gasteiger partial charge is 0.489 e. The fourth-order valence-electron chi connectivity index (χ4n) is 4.57. The number of amides is 1. The number of benzene rings is 3. The highest BCUT2D eigenvalue weighted by molar-refractivity contribution is 9.10. The molecule has 4 aromatic rings. The molecular formula is C31H26BrN3O2S. The van der Waals surface area contributed by atoms with Crippen LogP contribution in [0.4, 0.5) is 5.69 Å². The molecule has 1 aliphatic carbocycles. The average Bonchev–Trinajstić information content (AvgIpc) is 2.96. The van der Waals surface area contributed by atoms with Crippen LogP contribution in [0.2, 0.25) is 0 Å². The van der Waals surface area contributed by atoms with Gasteiger partial charge in [0.1, 0.15) is 23.5 Å². The fourth-order valence-corrected chi connectivity index (χ4v) is 5.64. The number of aromatic nitrogens is 1. The number of pyridine rings is 1. The maximum absolute atomic E-state index is 12.6. The molecule has 0 saturated heterocycles. The van der Waals surface area contributed by atoms with Gasteiger partial charge in [0.05, 0.1) is 11.3 Å². The monoisotopic (exact) mass is 583 g/mol. The summed E-state index contributed by atoms with van der Waals surface area (Å²) in [6.45, 7) is 0.497. The zero-order valence-electron chi connectivity index (χ0n) is 20.7. The Morgan fingerprint density at radius 3 is 2.47 bits per heavy atom. The minimum absolute atomic E-state index is 0.137. The number of hydrogen-bond donors (Lipinski definition) is 1. The van der Waals surface area contributed by atoms with Gasteiger partial charge in [-0.1, -0.05) is 70.2 Å². The van der Waals surface area contributed by atoms with Gasteiger partial charge < -0.3 is 10.1 Å². The minimum Gasteiger partial charge on any atom is -0.489 e. The maximum atomic E-state index is 12.6. The van der Waals surface area contributed by atoms with Gasteiger partial charge >= 0.3 is 0 Å². The van der Waals surface area contributed by atoms with E-state index in [1.54, 1.807) is 0 Å². The lowest BCUT2D eigenvalue weighted by Crippen LogP contribution is -2.15. The number of carbonyl (C=O) groups excluding carboxylic acids is 1. The van der Waals surface area contributed by atoms with E-state index < -0.39 is 0 Å². The number of anilines is 1. The fraction of sp³-hybridized carbons (Fsp3) is 0.194. The lowest BCUT2D eigenvalue weighted by molar-refractivity contribution is -0.113. The molecular weight excluding hydrogens is 558 g/mol. The second-order valence-electron chi connectivity index (χ2n) is 9.05. The molecule has 190 valence electrons. The summed E-state index contributed by atoms with van der Waals surface area (Å²) < 4.78 is 6.92. The van der Waals surface area contributed by atoms with Crippen molar-refractivity contribution >= 4 is 39.3 Å². The number of aryl methyl sites for hydroxylation is 1. The molecule has 0 unspecified atom stereocenters. The zero-order valence-corrected chi connectivity index (χ0v) is 23.1. The van der Waals surface area contributed by atoms with Gasteiger partial charge in [-0.15, -0.1) is 0 Å². The quantitative estimate of drug-likeness (QED) is 0.216. The van der Waals surface area contributed by atoms with E-state index in [0.29, 0.717) is 17.2 Å². The van der Waals surface area contributed by atoms with E-state index in [2.05, 4.69) is 27.3 Å². The third kappa shape index (κ3) is 6.27. The lowest BCUT2D eigenvalue weighted by Gasteiger charge is -2.22. The first kappa shape index (κ1) is 26.0. The van der Waals surface area contributed by atoms with E-state index in [9.17, 15) is 10.1 Å². The predicted molar refractivity (Wildman–Crippen MR) is 155 cm³/mol. The number of nitrogens with one attached hydrogen (secondary N) is 1. The summed E-state index contributed by atoms with van der Waals surface area (Å²) in [7, 11) is 0. The van der Waals surface area contributed by atoms with Gasteiger partial charge in [-0.3, -0.25) is 4.79 Å². The molecule has 1 aliphatic rings. The first-order chi connectivity index (χ1) is 18.6. The van der Waals surface area contributed by atoms with Crippen molar-refractivity contribution in [3.05, 3.63) is 106 Å². The van der Waals surface area contributed by atoms with Gasteiger partial charge in [0.2, 0.25) is 5.91 Å². The lowest BCUT2D eigenvalue weighted by atomic mass is 9.87. The molecule has 5 nitrogen and oxygen atoms in total. The SMILES string of the molecule is N#Cc1c(SCC(=O)Nc2ccc(Br)cc2)nc2c(c1-c1ccc(OCc3ccccc3)cc1)CCCC2. The van der Waals surface area contributed by atoms with Gasteiger partial charge in [0, 0.05) is 21.4 Å². The van der Waals surface area contributed by atoms with Crippen LogP contribution in [0.3, 0.4) is 0 Å². The van der Waals surface area contributed by atoms with Gasteiger partial charge in [-0.25, -0.2) is 4.98 Å². The Bertz CT molecular complexity index is 1470. The highest BCUT2D eigenvalue weighted by atomic mass is 79.9. The van der Waals surface area contributed by atoms with Crippen molar-refractivity contribution < 1.29 is 9.53 Å². The number of nitrogens with zero attached hydrogens (tertiary/aromatic N) is 2. The van der Waals surface area contributed by atoms with E-state index in [-0.39, 0.29) is 11.7 Å².